The summed E-state index contributed by atoms with van der Waals surface area (Å²) in [6, 6.07) is 5.60. The summed E-state index contributed by atoms with van der Waals surface area (Å²) in [5, 5.41) is 12.6. The van der Waals surface area contributed by atoms with E-state index in [0.29, 0.717) is 17.4 Å². The summed E-state index contributed by atoms with van der Waals surface area (Å²) in [5.74, 6) is 1.17. The number of para-hydroxylation sites is 1. The Hall–Kier alpha value is -1.42. The van der Waals surface area contributed by atoms with Gasteiger partial charge in [0.2, 0.25) is 0 Å². The van der Waals surface area contributed by atoms with E-state index in [4.69, 9.17) is 10.5 Å². The topological polar surface area (TPSA) is 67.5 Å². The number of hydrogen-bond donors (Lipinski definition) is 3. The van der Waals surface area contributed by atoms with E-state index >= 15 is 0 Å². The number of hydrogen-bond acceptors (Lipinski definition) is 4. The third kappa shape index (κ3) is 3.82. The van der Waals surface area contributed by atoms with Gasteiger partial charge in [0.25, 0.3) is 0 Å². The quantitative estimate of drug-likeness (QED) is 0.664. The predicted molar refractivity (Wildman–Crippen MR) is 71.4 cm³/mol. The average Bonchev–Trinajstić information content (AvgIpc) is 2.30. The SMILES string of the molecule is COc1cccc(NC(CO)CC(C)C)c1N. The molecular formula is C13H22N2O2. The number of benzene rings is 1. The van der Waals surface area contributed by atoms with Gasteiger partial charge in [-0.1, -0.05) is 19.9 Å². The highest BCUT2D eigenvalue weighted by molar-refractivity contribution is 5.73. The van der Waals surface area contributed by atoms with Gasteiger partial charge in [-0.15, -0.1) is 0 Å². The molecule has 0 aliphatic rings. The second kappa shape index (κ2) is 6.35. The molecule has 1 aromatic carbocycles. The lowest BCUT2D eigenvalue weighted by atomic mass is 10.0. The van der Waals surface area contributed by atoms with Crippen LogP contribution in [0.1, 0.15) is 20.3 Å². The third-order valence-electron chi connectivity index (χ3n) is 2.62. The van der Waals surface area contributed by atoms with Crippen molar-refractivity contribution in [3.05, 3.63) is 18.2 Å². The zero-order valence-corrected chi connectivity index (χ0v) is 10.7. The molecule has 0 aromatic heterocycles. The normalized spacial score (nSPS) is 12.5. The highest BCUT2D eigenvalue weighted by atomic mass is 16.5. The molecule has 0 radical (unpaired) electrons. The van der Waals surface area contributed by atoms with Gasteiger partial charge in [0, 0.05) is 6.04 Å². The fraction of sp³-hybridized carbons (Fsp3) is 0.538. The largest absolute Gasteiger partial charge is 0.495 e. The van der Waals surface area contributed by atoms with Crippen LogP contribution in [0.3, 0.4) is 0 Å². The molecule has 0 fully saturated rings. The van der Waals surface area contributed by atoms with E-state index in [1.54, 1.807) is 7.11 Å². The van der Waals surface area contributed by atoms with E-state index < -0.39 is 0 Å². The van der Waals surface area contributed by atoms with E-state index in [1.165, 1.54) is 0 Å². The fourth-order valence-corrected chi connectivity index (χ4v) is 1.82. The average molecular weight is 238 g/mol. The van der Waals surface area contributed by atoms with Gasteiger partial charge in [-0.05, 0) is 24.5 Å². The van der Waals surface area contributed by atoms with Gasteiger partial charge in [0.05, 0.1) is 25.1 Å². The number of methoxy groups -OCH3 is 1. The standard InChI is InChI=1S/C13H22N2O2/c1-9(2)7-10(8-16)15-11-5-4-6-12(17-3)13(11)14/h4-6,9-10,15-16H,7-8,14H2,1-3H3. The molecule has 0 saturated carbocycles. The zero-order valence-electron chi connectivity index (χ0n) is 10.7. The molecule has 0 heterocycles. The van der Waals surface area contributed by atoms with Crippen LogP contribution in [0.15, 0.2) is 18.2 Å². The van der Waals surface area contributed by atoms with Crippen LogP contribution >= 0.6 is 0 Å². The number of nitrogens with two attached hydrogens (primary N) is 1. The number of aliphatic hydroxyl groups is 1. The Morgan fingerprint density at radius 1 is 1.41 bits per heavy atom. The Morgan fingerprint density at radius 3 is 2.65 bits per heavy atom. The number of nitrogens with one attached hydrogen (secondary N) is 1. The summed E-state index contributed by atoms with van der Waals surface area (Å²) >= 11 is 0. The first kappa shape index (κ1) is 13.6. The summed E-state index contributed by atoms with van der Waals surface area (Å²) in [7, 11) is 1.59. The van der Waals surface area contributed by atoms with E-state index in [0.717, 1.165) is 12.1 Å². The molecule has 1 aromatic rings. The number of aliphatic hydroxyl groups excluding tert-OH is 1. The van der Waals surface area contributed by atoms with Crippen molar-refractivity contribution in [1.29, 1.82) is 0 Å². The molecule has 0 spiro atoms. The minimum absolute atomic E-state index is 0.0180. The van der Waals surface area contributed by atoms with Crippen molar-refractivity contribution in [3.8, 4) is 5.75 Å². The molecular weight excluding hydrogens is 216 g/mol. The molecule has 17 heavy (non-hydrogen) atoms. The molecule has 1 atom stereocenters. The Balaban J connectivity index is 2.79. The monoisotopic (exact) mass is 238 g/mol. The molecule has 1 rings (SSSR count). The predicted octanol–water partition coefficient (Wildman–Crippen LogP) is 2.10. The lowest BCUT2D eigenvalue weighted by Crippen LogP contribution is -2.26. The van der Waals surface area contributed by atoms with Crippen LogP contribution in [0.25, 0.3) is 0 Å². The first-order chi connectivity index (χ1) is 8.08. The van der Waals surface area contributed by atoms with Crippen molar-refractivity contribution in [1.82, 2.24) is 0 Å². The number of anilines is 2. The molecule has 4 nitrogen and oxygen atoms in total. The van der Waals surface area contributed by atoms with Gasteiger partial charge in [0.15, 0.2) is 0 Å². The van der Waals surface area contributed by atoms with Gasteiger partial charge in [-0.2, -0.15) is 0 Å². The molecule has 0 amide bonds. The zero-order chi connectivity index (χ0) is 12.8. The Kier molecular flexibility index (Phi) is 5.10. The number of ether oxygens (including phenoxy) is 1. The molecule has 96 valence electrons. The summed E-state index contributed by atoms with van der Waals surface area (Å²) in [6.07, 6.45) is 0.896. The first-order valence-corrected chi connectivity index (χ1v) is 5.88. The Labute approximate surface area is 103 Å². The van der Waals surface area contributed by atoms with Crippen molar-refractivity contribution in [2.45, 2.75) is 26.3 Å². The van der Waals surface area contributed by atoms with Crippen LogP contribution in [0.4, 0.5) is 11.4 Å². The van der Waals surface area contributed by atoms with Gasteiger partial charge in [-0.3, -0.25) is 0 Å². The van der Waals surface area contributed by atoms with Gasteiger partial charge in [-0.25, -0.2) is 0 Å². The van der Waals surface area contributed by atoms with Crippen LogP contribution < -0.4 is 15.8 Å². The lowest BCUT2D eigenvalue weighted by Gasteiger charge is -2.21. The molecule has 4 heteroatoms. The summed E-state index contributed by atoms with van der Waals surface area (Å²) in [5.41, 5.74) is 7.35. The smallest absolute Gasteiger partial charge is 0.143 e. The summed E-state index contributed by atoms with van der Waals surface area (Å²) < 4.78 is 5.15. The maximum absolute atomic E-state index is 9.32. The maximum atomic E-state index is 9.32. The van der Waals surface area contributed by atoms with Crippen molar-refractivity contribution < 1.29 is 9.84 Å². The van der Waals surface area contributed by atoms with Crippen LogP contribution in [0.2, 0.25) is 0 Å². The van der Waals surface area contributed by atoms with Crippen molar-refractivity contribution in [2.75, 3.05) is 24.8 Å². The molecule has 0 aliphatic heterocycles. The van der Waals surface area contributed by atoms with Crippen molar-refractivity contribution in [2.24, 2.45) is 5.92 Å². The summed E-state index contributed by atoms with van der Waals surface area (Å²) in [4.78, 5) is 0. The lowest BCUT2D eigenvalue weighted by molar-refractivity contribution is 0.259. The number of rotatable bonds is 6. The van der Waals surface area contributed by atoms with Gasteiger partial charge in [0.1, 0.15) is 5.75 Å². The second-order valence-electron chi connectivity index (χ2n) is 4.57. The van der Waals surface area contributed by atoms with Crippen LogP contribution in [-0.2, 0) is 0 Å². The van der Waals surface area contributed by atoms with Crippen molar-refractivity contribution >= 4 is 11.4 Å². The fourth-order valence-electron chi connectivity index (χ4n) is 1.82. The molecule has 0 bridgehead atoms. The molecule has 1 unspecified atom stereocenters. The summed E-state index contributed by atoms with van der Waals surface area (Å²) in [6.45, 7) is 4.34. The minimum Gasteiger partial charge on any atom is -0.495 e. The maximum Gasteiger partial charge on any atom is 0.143 e. The highest BCUT2D eigenvalue weighted by Gasteiger charge is 2.12. The Bertz CT molecular complexity index is 353. The van der Waals surface area contributed by atoms with E-state index in [-0.39, 0.29) is 12.6 Å². The van der Waals surface area contributed by atoms with Crippen LogP contribution in [0.5, 0.6) is 5.75 Å². The van der Waals surface area contributed by atoms with Gasteiger partial charge >= 0.3 is 0 Å². The van der Waals surface area contributed by atoms with Crippen LogP contribution in [-0.4, -0.2) is 24.9 Å². The molecule has 0 saturated heterocycles. The van der Waals surface area contributed by atoms with E-state index in [2.05, 4.69) is 19.2 Å². The highest BCUT2D eigenvalue weighted by Crippen LogP contribution is 2.29. The van der Waals surface area contributed by atoms with E-state index in [1.807, 2.05) is 18.2 Å². The number of nitrogen functional groups attached to an aromatic ring is 1. The van der Waals surface area contributed by atoms with Gasteiger partial charge < -0.3 is 20.9 Å². The molecule has 0 aliphatic carbocycles. The molecule has 4 N–H and O–H groups in total. The van der Waals surface area contributed by atoms with Crippen LogP contribution in [0, 0.1) is 5.92 Å². The van der Waals surface area contributed by atoms with E-state index in [9.17, 15) is 5.11 Å². The second-order valence-corrected chi connectivity index (χ2v) is 4.57. The minimum atomic E-state index is 0.0180. The Morgan fingerprint density at radius 2 is 2.12 bits per heavy atom. The van der Waals surface area contributed by atoms with Crippen molar-refractivity contribution in [3.63, 3.8) is 0 Å². The first-order valence-electron chi connectivity index (χ1n) is 5.88. The third-order valence-corrected chi connectivity index (χ3v) is 2.62.